The molecule has 3 aromatic carbocycles. The Labute approximate surface area is 763 Å². The number of aromatic nitrogens is 3. The minimum atomic E-state index is -1.90. The number of nitrogens with zero attached hydrogens (tertiary/aromatic N) is 6. The van der Waals surface area contributed by atoms with E-state index in [-0.39, 0.29) is 69.4 Å². The molecule has 6 aromatic rings. The van der Waals surface area contributed by atoms with Gasteiger partial charge in [-0.05, 0) is 97.7 Å². The highest BCUT2D eigenvalue weighted by atomic mass is 32.2. The number of hydrogen-bond acceptors (Lipinski definition) is 24. The predicted molar refractivity (Wildman–Crippen MR) is 479 cm³/mol. The van der Waals surface area contributed by atoms with Crippen molar-refractivity contribution in [2.24, 2.45) is 17.2 Å². The first kappa shape index (κ1) is 102. The predicted octanol–water partition coefficient (Wildman–Crippen LogP) is -3.22. The van der Waals surface area contributed by atoms with E-state index in [2.05, 4.69) is 68.1 Å². The number of phenolic OH excluding ortho intramolecular Hbond substituents is 1. The maximum Gasteiger partial charge on any atom is 0.246 e. The molecule has 0 aliphatic carbocycles. The molecule has 18 amide bonds. The number of primary amides is 3. The number of carbonyl (C=O) groups excluding carboxylic acids is 18. The number of fused-ring (bicyclic) bond motifs is 4. The second kappa shape index (κ2) is 48.0. The van der Waals surface area contributed by atoms with E-state index >= 15 is 33.6 Å². The van der Waals surface area contributed by atoms with Crippen LogP contribution in [-0.2, 0) is 112 Å². The van der Waals surface area contributed by atoms with Gasteiger partial charge >= 0.3 is 0 Å². The fourth-order valence-electron chi connectivity index (χ4n) is 15.9. The SMILES string of the molecule is CCCC[C@H]1C(=O)N(C)[C@@H](CCCC)C(=O)N[C@@H](C)C(=O)N[C@H](C(=O)NCC(N)=O)CSCC(=O)N[C@@H](Cc2ccc(O)cc2)C(=O)N(C)[C@@H](C)C(=O)N[C@@H](CC(N)=O)C(=O)N2CCC[C@H]2C(=O)N[C@@H](Cc2cnc[nH]2)C(=O)N[C@@H](CCC(N)=O)C(=O)N2C[C@H](O)C[C@H]2C(=O)N[C@@H](Cc2c[nH]c3ccccc23)C(=O)N[C@@H](CO)C(=O)N[C@@H](Cc2csc3ccccc23)C(=O)N1C. The van der Waals surface area contributed by atoms with Gasteiger partial charge in [0.1, 0.15) is 90.3 Å². The van der Waals surface area contributed by atoms with Gasteiger partial charge < -0.3 is 120 Å². The van der Waals surface area contributed by atoms with Crippen LogP contribution in [0.2, 0.25) is 0 Å². The Kier molecular flexibility index (Phi) is 37.2. The van der Waals surface area contributed by atoms with Gasteiger partial charge in [-0.25, -0.2) is 4.98 Å². The van der Waals surface area contributed by atoms with Crippen molar-refractivity contribution >= 4 is 150 Å². The van der Waals surface area contributed by atoms with Crippen molar-refractivity contribution in [3.8, 4) is 5.75 Å². The number of thiophene rings is 1. The molecule has 708 valence electrons. The Morgan fingerprint density at radius 1 is 0.550 bits per heavy atom. The number of nitrogens with one attached hydrogen (secondary N) is 12. The topological polar surface area (TPSA) is 627 Å². The molecule has 15 atom stereocenters. The lowest BCUT2D eigenvalue weighted by molar-refractivity contribution is -0.149. The van der Waals surface area contributed by atoms with Crippen LogP contribution in [0, 0.1) is 0 Å². The Bertz CT molecular complexity index is 5130. The third-order valence-electron chi connectivity index (χ3n) is 23.3. The summed E-state index contributed by atoms with van der Waals surface area (Å²) < 4.78 is 0.808. The van der Waals surface area contributed by atoms with Crippen LogP contribution >= 0.6 is 23.1 Å². The third-order valence-corrected chi connectivity index (χ3v) is 25.4. The zero-order valence-corrected chi connectivity index (χ0v) is 75.5. The van der Waals surface area contributed by atoms with Crippen LogP contribution in [-0.4, -0.2) is 311 Å². The summed E-state index contributed by atoms with van der Waals surface area (Å²) in [4.78, 5) is 276. The average molecular weight is 1860 g/mol. The first-order valence-corrected chi connectivity index (χ1v) is 45.3. The number of nitrogens with two attached hydrogens (primary N) is 3. The molecule has 3 aromatic heterocycles. The number of aromatic hydroxyl groups is 1. The van der Waals surface area contributed by atoms with Crippen LogP contribution in [0.1, 0.15) is 127 Å². The number of H-pyrrole nitrogens is 2. The van der Waals surface area contributed by atoms with Crippen molar-refractivity contribution in [1.82, 2.24) is 92.6 Å². The van der Waals surface area contributed by atoms with Crippen LogP contribution in [0.15, 0.2) is 96.9 Å². The number of imidazole rings is 1. The normalized spacial score (nSPS) is 25.1. The van der Waals surface area contributed by atoms with Crippen molar-refractivity contribution < 1.29 is 102 Å². The number of aliphatic hydroxyl groups is 2. The van der Waals surface area contributed by atoms with Crippen molar-refractivity contribution in [2.75, 3.05) is 58.9 Å². The molecular formula is C87H117N21O21S2. The Balaban J connectivity index is 1.08. The van der Waals surface area contributed by atoms with E-state index in [1.165, 1.54) is 83.1 Å². The van der Waals surface area contributed by atoms with Crippen LogP contribution in [0.25, 0.3) is 21.0 Å². The number of hydrogen-bond donors (Lipinski definition) is 18. The molecule has 131 heavy (non-hydrogen) atoms. The molecule has 6 heterocycles. The molecule has 3 aliphatic heterocycles. The highest BCUT2D eigenvalue weighted by molar-refractivity contribution is 8.00. The molecule has 3 aliphatic rings. The lowest BCUT2D eigenvalue weighted by Crippen LogP contribution is -2.61. The van der Waals surface area contributed by atoms with Gasteiger partial charge in [0, 0.05) is 112 Å². The number of thioether (sulfide) groups is 1. The summed E-state index contributed by atoms with van der Waals surface area (Å²) >= 11 is 2.11. The molecule has 0 saturated carbocycles. The monoisotopic (exact) mass is 1860 g/mol. The van der Waals surface area contributed by atoms with E-state index in [4.69, 9.17) is 17.2 Å². The second-order valence-electron chi connectivity index (χ2n) is 32.9. The van der Waals surface area contributed by atoms with Crippen LogP contribution in [0.3, 0.4) is 0 Å². The number of aromatic amines is 2. The molecule has 3 fully saturated rings. The molecule has 3 saturated heterocycles. The molecule has 42 nitrogen and oxygen atoms in total. The van der Waals surface area contributed by atoms with Crippen molar-refractivity contribution in [2.45, 2.75) is 221 Å². The first-order valence-electron chi connectivity index (χ1n) is 43.3. The fourth-order valence-corrected chi connectivity index (χ4v) is 17.7. The maximum atomic E-state index is 15.6. The number of rotatable bonds is 23. The molecule has 9 rings (SSSR count). The molecule has 21 N–H and O–H groups in total. The maximum absolute atomic E-state index is 15.6. The minimum Gasteiger partial charge on any atom is -0.508 e. The number of unbranched alkanes of at least 4 members (excludes halogenated alkanes) is 2. The third kappa shape index (κ3) is 27.7. The number of aliphatic hydroxyl groups excluding tert-OH is 2. The summed E-state index contributed by atoms with van der Waals surface area (Å²) in [7, 11) is 3.90. The van der Waals surface area contributed by atoms with E-state index in [0.717, 1.165) is 41.0 Å². The minimum absolute atomic E-state index is 0.0109. The largest absolute Gasteiger partial charge is 0.508 e. The van der Waals surface area contributed by atoms with E-state index < -0.39 is 254 Å². The van der Waals surface area contributed by atoms with Crippen molar-refractivity contribution in [3.63, 3.8) is 0 Å². The summed E-state index contributed by atoms with van der Waals surface area (Å²) in [5.41, 5.74) is 19.0. The lowest BCUT2D eigenvalue weighted by Gasteiger charge is -2.36. The molecule has 44 heteroatoms. The van der Waals surface area contributed by atoms with E-state index in [9.17, 15) is 68.1 Å². The highest BCUT2D eigenvalue weighted by Crippen LogP contribution is 2.30. The van der Waals surface area contributed by atoms with Gasteiger partial charge in [-0.1, -0.05) is 88.1 Å². The fraction of sp³-hybridized carbons (Fsp3) is 0.506. The summed E-state index contributed by atoms with van der Waals surface area (Å²) in [5, 5.41) is 61.7. The lowest BCUT2D eigenvalue weighted by atomic mass is 10.00. The van der Waals surface area contributed by atoms with Gasteiger partial charge in [0.15, 0.2) is 0 Å². The number of benzene rings is 3. The Morgan fingerprint density at radius 2 is 1.14 bits per heavy atom. The smallest absolute Gasteiger partial charge is 0.246 e. The van der Waals surface area contributed by atoms with Crippen LogP contribution in [0.4, 0.5) is 0 Å². The number of carbonyl (C=O) groups is 18. The molecule has 0 bridgehead atoms. The van der Waals surface area contributed by atoms with E-state index in [1.807, 2.05) is 26.0 Å². The Morgan fingerprint density at radius 3 is 1.79 bits per heavy atom. The quantitative estimate of drug-likeness (QED) is 0.0300. The van der Waals surface area contributed by atoms with Gasteiger partial charge in [-0.3, -0.25) is 86.3 Å². The van der Waals surface area contributed by atoms with Crippen LogP contribution in [0.5, 0.6) is 5.75 Å². The summed E-state index contributed by atoms with van der Waals surface area (Å²) in [5.74, 6) is -18.5. The summed E-state index contributed by atoms with van der Waals surface area (Å²) in [6.45, 7) is 3.70. The van der Waals surface area contributed by atoms with Gasteiger partial charge in [0.05, 0.1) is 37.8 Å². The number of phenols is 1. The molecule has 0 unspecified atom stereocenters. The standard InChI is InChI=1S/C87H117N21O21S2/c1-8-10-20-65-80(122)95-46(3)74(116)103-64(76(118)93-39-72(90)114)43-130-44-73(115)96-60(31-48-24-26-52(110)27-25-48)83(125)104(5)47(4)75(117)100-62(36-71(89)113)86(128)107-30-16-22-66(107)81(123)99-59(34-51-38-91-45-94-51)78(120)97-57(28-29-70(88)112)85(127)108-40-53(111)35-68(108)82(124)98-58(32-49-37-92-56-19-14-12-17-54(49)56)77(119)102-63(41-109)79(121)101-61(33-50-42-131-69-23-15-13-18-55(50)69)84(126)106(7)67(21-11-9-2)87(129)105(65)6/h12-15,17-19,23-27,37-38,42,45-47,53,57-68,92,109-111H,8-11,16,20-22,28-36,39-41,43-44H2,1-7H3,(H2,88,112)(H2,89,113)(H2,90,114)(H,91,94)(H,93,118)(H,95,122)(H,96,115)(H,97,120)(H,98,124)(H,99,123)(H,100,117)(H,101,121)(H,102,119)(H,103,116)/t46-,47-,53+,57-,58-,59-,60-,61-,62-,63-,64-,65-,66-,67-,68-/m0/s1. The van der Waals surface area contributed by atoms with Gasteiger partial charge in [0.2, 0.25) is 106 Å². The van der Waals surface area contributed by atoms with Gasteiger partial charge in [0.25, 0.3) is 0 Å². The van der Waals surface area contributed by atoms with E-state index in [0.29, 0.717) is 58.7 Å². The molecular weight excluding hydrogens is 1740 g/mol. The molecule has 0 radical (unpaired) electrons. The second-order valence-corrected chi connectivity index (χ2v) is 34.9. The summed E-state index contributed by atoms with van der Waals surface area (Å²) in [6, 6.07) is -2.53. The first-order chi connectivity index (χ1) is 62.4. The number of amides is 18. The summed E-state index contributed by atoms with van der Waals surface area (Å²) in [6.07, 6.45) is 0.927. The van der Waals surface area contributed by atoms with E-state index in [1.54, 1.807) is 48.0 Å². The van der Waals surface area contributed by atoms with Crippen molar-refractivity contribution in [3.05, 3.63) is 119 Å². The Hall–Kier alpha value is -13.1. The van der Waals surface area contributed by atoms with Gasteiger partial charge in [-0.2, -0.15) is 0 Å². The number of para-hydroxylation sites is 1. The zero-order valence-electron chi connectivity index (χ0n) is 73.9. The highest BCUT2D eigenvalue weighted by Gasteiger charge is 2.47. The van der Waals surface area contributed by atoms with Crippen LogP contribution < -0.4 is 70.4 Å². The zero-order chi connectivity index (χ0) is 95.6. The number of likely N-dealkylation sites (N-methyl/N-ethyl adjacent to an activating group) is 3. The average Bonchev–Trinajstić information content (AvgIpc) is 1.62. The van der Waals surface area contributed by atoms with Crippen molar-refractivity contribution in [1.29, 1.82) is 0 Å². The van der Waals surface area contributed by atoms with Gasteiger partial charge in [-0.15, -0.1) is 23.1 Å². The molecule has 0 spiro atoms.